The normalized spacial score (nSPS) is 10.5. The van der Waals surface area contributed by atoms with E-state index in [0.717, 1.165) is 0 Å². The van der Waals surface area contributed by atoms with E-state index < -0.39 is 0 Å². The first-order chi connectivity index (χ1) is 13.0. The third kappa shape index (κ3) is 6.31. The Balaban J connectivity index is 1.81. The van der Waals surface area contributed by atoms with Gasteiger partial charge in [-0.1, -0.05) is 23.7 Å². The number of nitrogens with zero attached hydrogens (tertiary/aromatic N) is 1. The molecule has 2 aromatic carbocycles. The molecule has 0 bridgehead atoms. The van der Waals surface area contributed by atoms with Gasteiger partial charge in [-0.3, -0.25) is 9.59 Å². The number of nitrogens with one attached hydrogen (secondary N) is 2. The zero-order valence-corrected chi connectivity index (χ0v) is 15.7. The topological polar surface area (TPSA) is 89.0 Å². The Hall–Kier alpha value is -3.06. The van der Waals surface area contributed by atoms with Crippen molar-refractivity contribution in [1.82, 2.24) is 5.43 Å². The number of ether oxygens (including phenoxy) is 2. The van der Waals surface area contributed by atoms with Gasteiger partial charge >= 0.3 is 0 Å². The molecule has 0 spiro atoms. The first-order valence-electron chi connectivity index (χ1n) is 8.11. The van der Waals surface area contributed by atoms with Gasteiger partial charge in [-0.2, -0.15) is 5.10 Å². The van der Waals surface area contributed by atoms with Crippen LogP contribution in [0.15, 0.2) is 47.6 Å². The van der Waals surface area contributed by atoms with Crippen molar-refractivity contribution in [3.63, 3.8) is 0 Å². The molecule has 0 heterocycles. The molecule has 8 heteroatoms. The van der Waals surface area contributed by atoms with Crippen molar-refractivity contribution < 1.29 is 19.1 Å². The third-order valence-electron chi connectivity index (χ3n) is 3.56. The Morgan fingerprint density at radius 1 is 1.07 bits per heavy atom. The molecule has 0 unspecified atom stereocenters. The van der Waals surface area contributed by atoms with Gasteiger partial charge in [0.15, 0.2) is 0 Å². The number of hydrazone groups is 1. The number of benzene rings is 2. The number of carbonyl (C=O) groups is 2. The predicted octanol–water partition coefficient (Wildman–Crippen LogP) is 3.23. The monoisotopic (exact) mass is 389 g/mol. The lowest BCUT2D eigenvalue weighted by Gasteiger charge is -2.07. The van der Waals surface area contributed by atoms with Crippen LogP contribution in [0.4, 0.5) is 5.69 Å². The van der Waals surface area contributed by atoms with Gasteiger partial charge in [0.25, 0.3) is 0 Å². The smallest absolute Gasteiger partial charge is 0.240 e. The molecule has 0 aromatic heterocycles. The van der Waals surface area contributed by atoms with Gasteiger partial charge in [0.05, 0.1) is 31.1 Å². The minimum absolute atomic E-state index is 0.00657. The maximum Gasteiger partial charge on any atom is 0.240 e. The summed E-state index contributed by atoms with van der Waals surface area (Å²) in [6, 6.07) is 12.1. The molecule has 27 heavy (non-hydrogen) atoms. The number of halogens is 1. The van der Waals surface area contributed by atoms with Crippen molar-refractivity contribution in [3.05, 3.63) is 53.1 Å². The molecule has 0 aliphatic carbocycles. The standard InChI is InChI=1S/C19H20ClN3O4/c1-26-14-8-7-13(17(11-14)27-2)12-21-23-19(25)10-9-18(24)22-16-6-4-3-5-15(16)20/h3-8,11-12H,9-10H2,1-2H3,(H,22,24)(H,23,25). The minimum Gasteiger partial charge on any atom is -0.497 e. The van der Waals surface area contributed by atoms with Crippen molar-refractivity contribution in [2.75, 3.05) is 19.5 Å². The lowest BCUT2D eigenvalue weighted by molar-refractivity contribution is -0.124. The van der Waals surface area contributed by atoms with Gasteiger partial charge in [-0.15, -0.1) is 0 Å². The Morgan fingerprint density at radius 2 is 1.81 bits per heavy atom. The van der Waals surface area contributed by atoms with Gasteiger partial charge in [0.2, 0.25) is 11.8 Å². The number of rotatable bonds is 8. The Kier molecular flexibility index (Phi) is 7.63. The van der Waals surface area contributed by atoms with E-state index in [2.05, 4.69) is 15.8 Å². The fraction of sp³-hybridized carbons (Fsp3) is 0.211. The van der Waals surface area contributed by atoms with Crippen LogP contribution in [-0.2, 0) is 9.59 Å². The zero-order valence-electron chi connectivity index (χ0n) is 15.0. The number of hydrogen-bond acceptors (Lipinski definition) is 5. The highest BCUT2D eigenvalue weighted by Crippen LogP contribution is 2.23. The maximum atomic E-state index is 11.9. The first kappa shape index (κ1) is 20.3. The molecular weight excluding hydrogens is 370 g/mol. The number of amides is 2. The van der Waals surface area contributed by atoms with Crippen LogP contribution < -0.4 is 20.2 Å². The minimum atomic E-state index is -0.381. The lowest BCUT2D eigenvalue weighted by atomic mass is 10.2. The lowest BCUT2D eigenvalue weighted by Crippen LogP contribution is -2.20. The summed E-state index contributed by atoms with van der Waals surface area (Å²) in [6.07, 6.45) is 1.46. The molecule has 0 atom stereocenters. The van der Waals surface area contributed by atoms with Gasteiger partial charge in [-0.05, 0) is 24.3 Å². The van der Waals surface area contributed by atoms with E-state index in [4.69, 9.17) is 21.1 Å². The summed E-state index contributed by atoms with van der Waals surface area (Å²) in [4.78, 5) is 23.7. The van der Waals surface area contributed by atoms with Crippen LogP contribution in [0.25, 0.3) is 0 Å². The van der Waals surface area contributed by atoms with E-state index in [-0.39, 0.29) is 24.7 Å². The predicted molar refractivity (Wildman–Crippen MR) is 105 cm³/mol. The third-order valence-corrected chi connectivity index (χ3v) is 3.89. The average Bonchev–Trinajstić information content (AvgIpc) is 2.68. The summed E-state index contributed by atoms with van der Waals surface area (Å²) >= 11 is 5.97. The molecule has 2 rings (SSSR count). The quantitative estimate of drug-likeness (QED) is 0.536. The van der Waals surface area contributed by atoms with Crippen molar-refractivity contribution >= 4 is 35.3 Å². The fourth-order valence-corrected chi connectivity index (χ4v) is 2.34. The molecule has 0 aliphatic rings. The Bertz CT molecular complexity index is 839. The summed E-state index contributed by atoms with van der Waals surface area (Å²) < 4.78 is 10.4. The molecule has 0 fully saturated rings. The van der Waals surface area contributed by atoms with Crippen LogP contribution in [-0.4, -0.2) is 32.2 Å². The van der Waals surface area contributed by atoms with Crippen molar-refractivity contribution in [1.29, 1.82) is 0 Å². The van der Waals surface area contributed by atoms with Gasteiger partial charge < -0.3 is 14.8 Å². The highest BCUT2D eigenvalue weighted by molar-refractivity contribution is 6.33. The van der Waals surface area contributed by atoms with Crippen LogP contribution in [0.2, 0.25) is 5.02 Å². The summed E-state index contributed by atoms with van der Waals surface area (Å²) in [5.74, 6) is 0.524. The molecule has 0 saturated heterocycles. The van der Waals surface area contributed by atoms with Crippen molar-refractivity contribution in [3.8, 4) is 11.5 Å². The molecule has 142 valence electrons. The largest absolute Gasteiger partial charge is 0.497 e. The molecule has 0 aliphatic heterocycles. The molecule has 0 radical (unpaired) electrons. The van der Waals surface area contributed by atoms with E-state index >= 15 is 0 Å². The van der Waals surface area contributed by atoms with Gasteiger partial charge in [0, 0.05) is 24.5 Å². The summed E-state index contributed by atoms with van der Waals surface area (Å²) in [7, 11) is 3.09. The highest BCUT2D eigenvalue weighted by Gasteiger charge is 2.08. The molecule has 2 N–H and O–H groups in total. The number of methoxy groups -OCH3 is 2. The van der Waals surface area contributed by atoms with Gasteiger partial charge in [-0.25, -0.2) is 5.43 Å². The maximum absolute atomic E-state index is 11.9. The van der Waals surface area contributed by atoms with E-state index in [1.54, 1.807) is 49.6 Å². The first-order valence-corrected chi connectivity index (χ1v) is 8.49. The molecule has 0 saturated carbocycles. The molecule has 2 amide bonds. The molecular formula is C19H20ClN3O4. The van der Waals surface area contributed by atoms with Crippen molar-refractivity contribution in [2.45, 2.75) is 12.8 Å². The number of carbonyl (C=O) groups excluding carboxylic acids is 2. The molecule has 7 nitrogen and oxygen atoms in total. The second-order valence-corrected chi connectivity index (χ2v) is 5.84. The number of para-hydroxylation sites is 1. The second-order valence-electron chi connectivity index (χ2n) is 5.43. The number of anilines is 1. The van der Waals surface area contributed by atoms with E-state index in [1.165, 1.54) is 13.3 Å². The fourth-order valence-electron chi connectivity index (χ4n) is 2.16. The van der Waals surface area contributed by atoms with E-state index in [1.807, 2.05) is 0 Å². The van der Waals surface area contributed by atoms with Crippen LogP contribution >= 0.6 is 11.6 Å². The second kappa shape index (κ2) is 10.2. The van der Waals surface area contributed by atoms with Crippen molar-refractivity contribution in [2.24, 2.45) is 5.10 Å². The van der Waals surface area contributed by atoms with Crippen LogP contribution in [0.5, 0.6) is 11.5 Å². The molecule has 2 aromatic rings. The SMILES string of the molecule is COc1ccc(C=NNC(=O)CCC(=O)Nc2ccccc2Cl)c(OC)c1. The zero-order chi connectivity index (χ0) is 19.6. The van der Waals surface area contributed by atoms with E-state index in [0.29, 0.717) is 27.8 Å². The van der Waals surface area contributed by atoms with E-state index in [9.17, 15) is 9.59 Å². The number of hydrogen-bond donors (Lipinski definition) is 2. The Morgan fingerprint density at radius 3 is 2.52 bits per heavy atom. The van der Waals surface area contributed by atoms with Gasteiger partial charge in [0.1, 0.15) is 11.5 Å². The highest BCUT2D eigenvalue weighted by atomic mass is 35.5. The Labute approximate surface area is 162 Å². The summed E-state index contributed by atoms with van der Waals surface area (Å²) in [5, 5.41) is 6.98. The summed E-state index contributed by atoms with van der Waals surface area (Å²) in [6.45, 7) is 0. The van der Waals surface area contributed by atoms with Crippen LogP contribution in [0, 0.1) is 0 Å². The summed E-state index contributed by atoms with van der Waals surface area (Å²) in [5.41, 5.74) is 3.56. The average molecular weight is 390 g/mol. The van der Waals surface area contributed by atoms with Crippen LogP contribution in [0.3, 0.4) is 0 Å². The van der Waals surface area contributed by atoms with Crippen LogP contribution in [0.1, 0.15) is 18.4 Å².